The molecular weight excluding hydrogens is 973 g/mol. The molecule has 71 heavy (non-hydrogen) atoms. The summed E-state index contributed by atoms with van der Waals surface area (Å²) in [7, 11) is -6.76. The molecule has 0 aliphatic heterocycles. The number of aliphatic hydroxyl groups is 1. The fraction of sp³-hybridized carbons (Fsp3) is 0.120. The summed E-state index contributed by atoms with van der Waals surface area (Å²) in [6.45, 7) is 9.18. The van der Waals surface area contributed by atoms with Gasteiger partial charge in [-0.05, 0) is 95.9 Å². The minimum absolute atomic E-state index is 0.000693. The second-order valence-corrected chi connectivity index (χ2v) is 19.3. The van der Waals surface area contributed by atoms with Crippen molar-refractivity contribution in [3.63, 3.8) is 0 Å². The molecule has 0 fully saturated rings. The number of alkyl halides is 6. The first-order chi connectivity index (χ1) is 33.5. The SMILES string of the molecule is CCO.CS(=O)(=O)c1cccc(-c2ccc(-n3cc(/C(N)=N\O)nc3-c3ccccc3C(F)(F)F)cc2)c1.[C-]#[N+]c1cn(-c2ccc(-c3cccc(S(C)(=O)=O)c3)cc2)c(-c2ccccc2C(F)(F)F)n1. The van der Waals surface area contributed by atoms with Gasteiger partial charge in [-0.1, -0.05) is 95.6 Å². The van der Waals surface area contributed by atoms with Crippen molar-refractivity contribution in [3.05, 3.63) is 186 Å². The number of hydrogen-bond acceptors (Lipinski definition) is 9. The molecule has 0 radical (unpaired) electrons. The number of oxime groups is 1. The van der Waals surface area contributed by atoms with Gasteiger partial charge in [0.25, 0.3) is 5.82 Å². The number of benzene rings is 6. The lowest BCUT2D eigenvalue weighted by molar-refractivity contribution is -0.137. The lowest BCUT2D eigenvalue weighted by Gasteiger charge is -2.14. The highest BCUT2D eigenvalue weighted by Gasteiger charge is 2.36. The van der Waals surface area contributed by atoms with Gasteiger partial charge in [-0.15, -0.1) is 0 Å². The van der Waals surface area contributed by atoms with E-state index in [2.05, 4.69) is 20.0 Å². The number of rotatable bonds is 9. The van der Waals surface area contributed by atoms with Crippen LogP contribution in [0.2, 0.25) is 0 Å². The maximum atomic E-state index is 13.7. The molecule has 21 heteroatoms. The number of aromatic nitrogens is 4. The molecule has 0 amide bonds. The van der Waals surface area contributed by atoms with Gasteiger partial charge in [-0.25, -0.2) is 21.8 Å². The number of halogens is 6. The van der Waals surface area contributed by atoms with Crippen molar-refractivity contribution in [2.75, 3.05) is 19.1 Å². The zero-order valence-corrected chi connectivity index (χ0v) is 39.2. The Bertz CT molecular complexity index is 3490. The number of sulfone groups is 2. The summed E-state index contributed by atoms with van der Waals surface area (Å²) in [5, 5.41) is 19.5. The summed E-state index contributed by atoms with van der Waals surface area (Å²) in [6, 6.07) is 36.5. The zero-order valence-electron chi connectivity index (χ0n) is 37.6. The average Bonchev–Trinajstić information content (AvgIpc) is 3.99. The quantitative estimate of drug-likeness (QED) is 0.0316. The van der Waals surface area contributed by atoms with E-state index in [9.17, 15) is 43.2 Å². The summed E-state index contributed by atoms with van der Waals surface area (Å²) in [5.41, 5.74) is 7.35. The second-order valence-electron chi connectivity index (χ2n) is 15.3. The van der Waals surface area contributed by atoms with Crippen molar-refractivity contribution >= 4 is 31.3 Å². The predicted molar refractivity (Wildman–Crippen MR) is 257 cm³/mol. The summed E-state index contributed by atoms with van der Waals surface area (Å²) in [5.74, 6) is -0.442. The minimum Gasteiger partial charge on any atom is -0.409 e. The van der Waals surface area contributed by atoms with Gasteiger partial charge >= 0.3 is 12.4 Å². The molecule has 0 saturated heterocycles. The third-order valence-corrected chi connectivity index (χ3v) is 12.5. The number of nitrogens with two attached hydrogens (primary N) is 1. The molecule has 0 spiro atoms. The van der Waals surface area contributed by atoms with Gasteiger partial charge in [0.2, 0.25) is 5.82 Å². The first-order valence-electron chi connectivity index (χ1n) is 20.8. The van der Waals surface area contributed by atoms with Crippen LogP contribution in [0.4, 0.5) is 32.2 Å². The number of aliphatic hydroxyl groups excluding tert-OH is 1. The normalized spacial score (nSPS) is 12.0. The third kappa shape index (κ3) is 12.4. The van der Waals surface area contributed by atoms with Crippen LogP contribution in [0.5, 0.6) is 0 Å². The molecular formula is C50H41F6N7O6S2. The summed E-state index contributed by atoms with van der Waals surface area (Å²) in [4.78, 5) is 11.9. The smallest absolute Gasteiger partial charge is 0.409 e. The Kier molecular flexibility index (Phi) is 15.7. The van der Waals surface area contributed by atoms with E-state index in [1.54, 1.807) is 91.9 Å². The van der Waals surface area contributed by atoms with Crippen molar-refractivity contribution in [3.8, 4) is 56.4 Å². The fourth-order valence-corrected chi connectivity index (χ4v) is 8.38. The van der Waals surface area contributed by atoms with Crippen LogP contribution in [0.1, 0.15) is 23.7 Å². The Hall–Kier alpha value is -8.06. The molecule has 2 heterocycles. The Balaban J connectivity index is 0.000000221. The van der Waals surface area contributed by atoms with Crippen LogP contribution in [0.3, 0.4) is 0 Å². The van der Waals surface area contributed by atoms with Crippen LogP contribution in [0.25, 0.3) is 61.2 Å². The van der Waals surface area contributed by atoms with Crippen LogP contribution >= 0.6 is 0 Å². The van der Waals surface area contributed by atoms with Crippen LogP contribution in [-0.2, 0) is 32.0 Å². The van der Waals surface area contributed by atoms with Crippen LogP contribution in [-0.4, -0.2) is 71.2 Å². The number of imidazole rings is 2. The largest absolute Gasteiger partial charge is 0.417 e. The first kappa shape index (κ1) is 52.3. The Morgan fingerprint density at radius 1 is 0.620 bits per heavy atom. The molecule has 8 aromatic rings. The second kappa shape index (κ2) is 21.3. The molecule has 0 bridgehead atoms. The average molecular weight is 1010 g/mol. The topological polar surface area (TPSA) is 187 Å². The van der Waals surface area contributed by atoms with E-state index in [1.807, 2.05) is 0 Å². The zero-order chi connectivity index (χ0) is 51.9. The maximum absolute atomic E-state index is 13.7. The van der Waals surface area contributed by atoms with Crippen molar-refractivity contribution in [2.45, 2.75) is 29.1 Å². The predicted octanol–water partition coefficient (Wildman–Crippen LogP) is 10.9. The van der Waals surface area contributed by atoms with Gasteiger partial charge in [0.15, 0.2) is 25.5 Å². The minimum atomic E-state index is -4.63. The van der Waals surface area contributed by atoms with E-state index in [-0.39, 0.29) is 56.5 Å². The van der Waals surface area contributed by atoms with Gasteiger partial charge in [0.1, 0.15) is 11.5 Å². The lowest BCUT2D eigenvalue weighted by atomic mass is 10.0. The van der Waals surface area contributed by atoms with Crippen LogP contribution in [0.15, 0.2) is 173 Å². The molecule has 0 atom stereocenters. The van der Waals surface area contributed by atoms with Crippen molar-refractivity contribution < 1.29 is 53.5 Å². The van der Waals surface area contributed by atoms with Gasteiger partial charge in [-0.3, -0.25) is 9.13 Å². The highest BCUT2D eigenvalue weighted by atomic mass is 32.2. The maximum Gasteiger partial charge on any atom is 0.417 e. The van der Waals surface area contributed by atoms with E-state index in [0.29, 0.717) is 28.1 Å². The Morgan fingerprint density at radius 2 is 1.01 bits per heavy atom. The van der Waals surface area contributed by atoms with Crippen LogP contribution < -0.4 is 5.73 Å². The van der Waals surface area contributed by atoms with E-state index in [1.165, 1.54) is 70.1 Å². The molecule has 0 unspecified atom stereocenters. The molecule has 13 nitrogen and oxygen atoms in total. The van der Waals surface area contributed by atoms with E-state index in [0.717, 1.165) is 30.2 Å². The molecule has 0 aliphatic carbocycles. The van der Waals surface area contributed by atoms with Crippen molar-refractivity contribution in [2.24, 2.45) is 10.9 Å². The highest BCUT2D eigenvalue weighted by Crippen LogP contribution is 2.40. The molecule has 366 valence electrons. The number of nitrogens with zero attached hydrogens (tertiary/aromatic N) is 6. The standard InChI is InChI=1S/C24H19F3N4O3S.C24H16F3N3O2S.C2H6O/c1-35(33,34)18-6-4-5-16(13-18)15-9-11-17(12-10-15)31-14-21(22(28)30-32)29-23(31)19-7-2-3-8-20(19)24(25,26)27;1-28-22-15-30(23(29-22)20-8-3-4-9-21(20)24(25,26)27)18-12-10-16(11-13-18)17-6-5-7-19(14-17)33(2,31)32;1-2-3/h2-14,32H,1H3,(H2,28,30);3-15H,2H3;3H,2H2,1H3. The van der Waals surface area contributed by atoms with E-state index >= 15 is 0 Å². The van der Waals surface area contributed by atoms with Crippen LogP contribution in [0, 0.1) is 6.57 Å². The summed E-state index contributed by atoms with van der Waals surface area (Å²) in [6.07, 6.45) is -4.21. The highest BCUT2D eigenvalue weighted by molar-refractivity contribution is 7.91. The number of amidine groups is 1. The Morgan fingerprint density at radius 3 is 1.39 bits per heavy atom. The summed E-state index contributed by atoms with van der Waals surface area (Å²) < 4.78 is 132. The molecule has 0 saturated carbocycles. The van der Waals surface area contributed by atoms with Crippen molar-refractivity contribution in [1.82, 2.24) is 19.1 Å². The summed E-state index contributed by atoms with van der Waals surface area (Å²) >= 11 is 0. The fourth-order valence-electron chi connectivity index (χ4n) is 7.04. The monoisotopic (exact) mass is 1010 g/mol. The van der Waals surface area contributed by atoms with E-state index < -0.39 is 43.2 Å². The molecule has 2 aromatic heterocycles. The molecule has 8 rings (SSSR count). The molecule has 6 aromatic carbocycles. The first-order valence-corrected chi connectivity index (χ1v) is 24.6. The van der Waals surface area contributed by atoms with Crippen molar-refractivity contribution in [1.29, 1.82) is 0 Å². The van der Waals surface area contributed by atoms with Gasteiger partial charge in [0, 0.05) is 48.5 Å². The molecule has 4 N–H and O–H groups in total. The third-order valence-electron chi connectivity index (χ3n) is 10.3. The number of hydrogen-bond donors (Lipinski definition) is 3. The Labute approximate surface area is 404 Å². The lowest BCUT2D eigenvalue weighted by Crippen LogP contribution is -2.13. The van der Waals surface area contributed by atoms with E-state index in [4.69, 9.17) is 22.6 Å². The van der Waals surface area contributed by atoms with Gasteiger partial charge < -0.3 is 20.9 Å². The molecule has 0 aliphatic rings. The van der Waals surface area contributed by atoms with Gasteiger partial charge in [-0.2, -0.15) is 26.3 Å². The van der Waals surface area contributed by atoms with Gasteiger partial charge in [0.05, 0.1) is 26.5 Å².